The fourth-order valence-electron chi connectivity index (χ4n) is 2.10. The number of hydrogen-bond acceptors (Lipinski definition) is 2. The van der Waals surface area contributed by atoms with E-state index in [1.54, 1.807) is 0 Å². The second kappa shape index (κ2) is 4.97. The Kier molecular flexibility index (Phi) is 4.20. The molecule has 1 saturated heterocycles. The van der Waals surface area contributed by atoms with Gasteiger partial charge in [0.15, 0.2) is 0 Å². The molecule has 1 aliphatic rings. The molecule has 1 atom stereocenters. The predicted molar refractivity (Wildman–Crippen MR) is 57.7 cm³/mol. The van der Waals surface area contributed by atoms with Crippen molar-refractivity contribution in [2.75, 3.05) is 19.6 Å². The summed E-state index contributed by atoms with van der Waals surface area (Å²) in [6, 6.07) is 0.641. The Hall–Kier alpha value is -0.0800. The lowest BCUT2D eigenvalue weighted by Gasteiger charge is -2.44. The van der Waals surface area contributed by atoms with E-state index in [2.05, 4.69) is 25.7 Å². The molecule has 0 aromatic carbocycles. The third-order valence-corrected chi connectivity index (χ3v) is 3.09. The summed E-state index contributed by atoms with van der Waals surface area (Å²) in [5, 5.41) is 0. The summed E-state index contributed by atoms with van der Waals surface area (Å²) in [5.41, 5.74) is 5.78. The molecular weight excluding hydrogens is 160 g/mol. The summed E-state index contributed by atoms with van der Waals surface area (Å²) in [6.07, 6.45) is 2.59. The summed E-state index contributed by atoms with van der Waals surface area (Å²) in [7, 11) is 0. The van der Waals surface area contributed by atoms with Crippen molar-refractivity contribution >= 4 is 0 Å². The molecule has 0 bridgehead atoms. The topological polar surface area (TPSA) is 29.3 Å². The Morgan fingerprint density at radius 3 is 2.38 bits per heavy atom. The van der Waals surface area contributed by atoms with Crippen LogP contribution < -0.4 is 5.73 Å². The molecule has 0 aliphatic carbocycles. The average molecular weight is 184 g/mol. The maximum absolute atomic E-state index is 5.78. The largest absolute Gasteiger partial charge is 0.329 e. The molecule has 2 nitrogen and oxygen atoms in total. The van der Waals surface area contributed by atoms with Crippen molar-refractivity contribution in [3.05, 3.63) is 0 Å². The molecular formula is C11H24N2. The van der Waals surface area contributed by atoms with Gasteiger partial charge in [0.1, 0.15) is 0 Å². The molecule has 0 radical (unpaired) electrons. The van der Waals surface area contributed by atoms with Gasteiger partial charge in [-0.1, -0.05) is 27.2 Å². The number of nitrogens with two attached hydrogens (primary N) is 1. The first-order valence-electron chi connectivity index (χ1n) is 5.61. The van der Waals surface area contributed by atoms with E-state index < -0.39 is 0 Å². The van der Waals surface area contributed by atoms with Crippen molar-refractivity contribution in [2.45, 2.75) is 39.7 Å². The highest BCUT2D eigenvalue weighted by Gasteiger charge is 2.30. The first kappa shape index (κ1) is 11.0. The van der Waals surface area contributed by atoms with Crippen molar-refractivity contribution < 1.29 is 0 Å². The lowest BCUT2D eigenvalue weighted by atomic mass is 9.92. The van der Waals surface area contributed by atoms with E-state index in [0.717, 1.165) is 18.4 Å². The van der Waals surface area contributed by atoms with E-state index in [-0.39, 0.29) is 0 Å². The molecule has 1 aliphatic heterocycles. The van der Waals surface area contributed by atoms with Gasteiger partial charge in [0.05, 0.1) is 0 Å². The Labute approximate surface area is 82.5 Å². The lowest BCUT2D eigenvalue weighted by Crippen LogP contribution is -2.54. The quantitative estimate of drug-likeness (QED) is 0.704. The van der Waals surface area contributed by atoms with Gasteiger partial charge in [-0.05, 0) is 18.3 Å². The van der Waals surface area contributed by atoms with Gasteiger partial charge in [-0.3, -0.25) is 4.90 Å². The van der Waals surface area contributed by atoms with Crippen molar-refractivity contribution in [1.82, 2.24) is 4.90 Å². The van der Waals surface area contributed by atoms with Crippen LogP contribution in [0.5, 0.6) is 0 Å². The fraction of sp³-hybridized carbons (Fsp3) is 1.00. The average Bonchev–Trinajstić information content (AvgIpc) is 2.00. The van der Waals surface area contributed by atoms with E-state index in [0.29, 0.717) is 6.04 Å². The van der Waals surface area contributed by atoms with Crippen LogP contribution in [0.1, 0.15) is 33.6 Å². The second-order valence-electron chi connectivity index (χ2n) is 4.75. The van der Waals surface area contributed by atoms with Gasteiger partial charge in [-0.25, -0.2) is 0 Å². The monoisotopic (exact) mass is 184 g/mol. The summed E-state index contributed by atoms with van der Waals surface area (Å²) >= 11 is 0. The number of likely N-dealkylation sites (tertiary alicyclic amines) is 1. The smallest absolute Gasteiger partial charge is 0.0221 e. The van der Waals surface area contributed by atoms with Crippen molar-refractivity contribution in [3.63, 3.8) is 0 Å². The molecule has 0 aromatic heterocycles. The second-order valence-corrected chi connectivity index (χ2v) is 4.75. The predicted octanol–water partition coefficient (Wildman–Crippen LogP) is 1.70. The van der Waals surface area contributed by atoms with Crippen molar-refractivity contribution in [2.24, 2.45) is 17.6 Å². The zero-order valence-electron chi connectivity index (χ0n) is 9.29. The maximum atomic E-state index is 5.78. The van der Waals surface area contributed by atoms with Crippen LogP contribution >= 0.6 is 0 Å². The minimum Gasteiger partial charge on any atom is -0.329 e. The normalized spacial score (nSPS) is 21.9. The summed E-state index contributed by atoms with van der Waals surface area (Å²) in [5.74, 6) is 1.72. The van der Waals surface area contributed by atoms with Gasteiger partial charge in [0.2, 0.25) is 0 Å². The van der Waals surface area contributed by atoms with Crippen LogP contribution in [-0.4, -0.2) is 30.6 Å². The lowest BCUT2D eigenvalue weighted by molar-refractivity contribution is 0.0448. The third kappa shape index (κ3) is 2.96. The molecule has 1 heterocycles. The summed E-state index contributed by atoms with van der Waals surface area (Å²) in [4.78, 5) is 2.55. The van der Waals surface area contributed by atoms with Crippen LogP contribution in [0, 0.1) is 11.8 Å². The van der Waals surface area contributed by atoms with Gasteiger partial charge >= 0.3 is 0 Å². The third-order valence-electron chi connectivity index (χ3n) is 3.09. The molecule has 0 saturated carbocycles. The van der Waals surface area contributed by atoms with Crippen LogP contribution in [0.3, 0.4) is 0 Å². The van der Waals surface area contributed by atoms with Gasteiger partial charge in [-0.2, -0.15) is 0 Å². The first-order valence-corrected chi connectivity index (χ1v) is 5.61. The zero-order chi connectivity index (χ0) is 9.84. The molecule has 1 unspecified atom stereocenters. The molecule has 1 fully saturated rings. The zero-order valence-corrected chi connectivity index (χ0v) is 9.29. The van der Waals surface area contributed by atoms with Crippen LogP contribution in [0.25, 0.3) is 0 Å². The number of rotatable bonds is 5. The highest BCUT2D eigenvalue weighted by atomic mass is 15.2. The maximum Gasteiger partial charge on any atom is 0.0221 e. The SMILES string of the molecule is CCC1CN(C(CN)CC(C)C)C1. The molecule has 2 heteroatoms. The van der Waals surface area contributed by atoms with Crippen LogP contribution in [0.4, 0.5) is 0 Å². The number of nitrogens with zero attached hydrogens (tertiary/aromatic N) is 1. The van der Waals surface area contributed by atoms with Crippen LogP contribution in [0.15, 0.2) is 0 Å². The molecule has 0 spiro atoms. The van der Waals surface area contributed by atoms with Crippen LogP contribution in [0.2, 0.25) is 0 Å². The highest BCUT2D eigenvalue weighted by molar-refractivity contribution is 4.85. The molecule has 78 valence electrons. The van der Waals surface area contributed by atoms with Gasteiger partial charge in [0.25, 0.3) is 0 Å². The molecule has 13 heavy (non-hydrogen) atoms. The van der Waals surface area contributed by atoms with Crippen molar-refractivity contribution in [3.8, 4) is 0 Å². The fourth-order valence-corrected chi connectivity index (χ4v) is 2.10. The Balaban J connectivity index is 2.24. The Bertz CT molecular complexity index is 139. The summed E-state index contributed by atoms with van der Waals surface area (Å²) < 4.78 is 0. The minimum absolute atomic E-state index is 0.641. The van der Waals surface area contributed by atoms with E-state index >= 15 is 0 Å². The van der Waals surface area contributed by atoms with Gasteiger partial charge in [-0.15, -0.1) is 0 Å². The molecule has 0 aromatic rings. The van der Waals surface area contributed by atoms with E-state index in [9.17, 15) is 0 Å². The Morgan fingerprint density at radius 2 is 2.00 bits per heavy atom. The van der Waals surface area contributed by atoms with Gasteiger partial charge in [0, 0.05) is 25.7 Å². The van der Waals surface area contributed by atoms with Gasteiger partial charge < -0.3 is 5.73 Å². The molecule has 1 rings (SSSR count). The Morgan fingerprint density at radius 1 is 1.38 bits per heavy atom. The number of hydrogen-bond donors (Lipinski definition) is 1. The van der Waals surface area contributed by atoms with E-state index in [1.807, 2.05) is 0 Å². The van der Waals surface area contributed by atoms with Crippen LogP contribution in [-0.2, 0) is 0 Å². The molecule has 0 amide bonds. The standard InChI is InChI=1S/C11H24N2/c1-4-10-7-13(8-10)11(6-12)5-9(2)3/h9-11H,4-8,12H2,1-3H3. The first-order chi connectivity index (χ1) is 6.17. The van der Waals surface area contributed by atoms with E-state index in [1.165, 1.54) is 25.9 Å². The summed E-state index contributed by atoms with van der Waals surface area (Å²) in [6.45, 7) is 10.2. The molecule has 2 N–H and O–H groups in total. The van der Waals surface area contributed by atoms with E-state index in [4.69, 9.17) is 5.73 Å². The highest BCUT2D eigenvalue weighted by Crippen LogP contribution is 2.23. The van der Waals surface area contributed by atoms with Crippen molar-refractivity contribution in [1.29, 1.82) is 0 Å². The minimum atomic E-state index is 0.641.